The van der Waals surface area contributed by atoms with Crippen molar-refractivity contribution in [3.8, 4) is 5.75 Å². The molecule has 1 aromatic heterocycles. The number of ether oxygens (including phenoxy) is 2. The molecule has 1 aromatic carbocycles. The number of esters is 1. The van der Waals surface area contributed by atoms with Crippen molar-refractivity contribution in [1.29, 1.82) is 0 Å². The number of hydrogen-bond donors (Lipinski definition) is 0. The van der Waals surface area contributed by atoms with Crippen LogP contribution in [-0.2, 0) is 16.1 Å². The van der Waals surface area contributed by atoms with Gasteiger partial charge in [-0.05, 0) is 26.0 Å². The fraction of sp³-hybridized carbons (Fsp3) is 0.333. The quantitative estimate of drug-likeness (QED) is 0.335. The van der Waals surface area contributed by atoms with Gasteiger partial charge >= 0.3 is 11.7 Å². The molecule has 122 valence electrons. The Kier molecular flexibility index (Phi) is 5.29. The van der Waals surface area contributed by atoms with Crippen molar-refractivity contribution in [2.75, 3.05) is 13.2 Å². The van der Waals surface area contributed by atoms with Crippen molar-refractivity contribution in [3.63, 3.8) is 0 Å². The summed E-state index contributed by atoms with van der Waals surface area (Å²) in [5, 5.41) is 14.9. The van der Waals surface area contributed by atoms with Crippen LogP contribution in [0.1, 0.15) is 11.4 Å². The summed E-state index contributed by atoms with van der Waals surface area (Å²) in [6, 6.07) is 9.17. The molecule has 0 atom stereocenters. The normalized spacial score (nSPS) is 10.3. The first-order valence-electron chi connectivity index (χ1n) is 7.01. The Bertz CT molecular complexity index is 697. The van der Waals surface area contributed by atoms with E-state index < -0.39 is 10.9 Å². The molecule has 1 heterocycles. The van der Waals surface area contributed by atoms with Gasteiger partial charge in [0.15, 0.2) is 0 Å². The van der Waals surface area contributed by atoms with Gasteiger partial charge in [0.25, 0.3) is 0 Å². The van der Waals surface area contributed by atoms with Crippen molar-refractivity contribution < 1.29 is 19.2 Å². The predicted molar refractivity (Wildman–Crippen MR) is 81.3 cm³/mol. The maximum Gasteiger partial charge on any atom is 0.327 e. The van der Waals surface area contributed by atoms with Crippen LogP contribution in [-0.4, -0.2) is 33.9 Å². The van der Waals surface area contributed by atoms with E-state index >= 15 is 0 Å². The lowest BCUT2D eigenvalue weighted by atomic mass is 10.3. The minimum Gasteiger partial charge on any atom is -0.490 e. The largest absolute Gasteiger partial charge is 0.490 e. The molecule has 0 spiro atoms. The van der Waals surface area contributed by atoms with E-state index in [1.54, 1.807) is 19.1 Å². The van der Waals surface area contributed by atoms with Crippen molar-refractivity contribution in [2.45, 2.75) is 20.4 Å². The fourth-order valence-corrected chi connectivity index (χ4v) is 2.11. The molecular weight excluding hydrogens is 302 g/mol. The number of rotatable bonds is 7. The first-order chi connectivity index (χ1) is 11.0. The van der Waals surface area contributed by atoms with E-state index in [1.165, 1.54) is 11.6 Å². The molecule has 23 heavy (non-hydrogen) atoms. The molecule has 0 saturated carbocycles. The molecule has 0 bridgehead atoms. The Morgan fingerprint density at radius 3 is 2.57 bits per heavy atom. The van der Waals surface area contributed by atoms with Crippen molar-refractivity contribution in [1.82, 2.24) is 9.78 Å². The summed E-state index contributed by atoms with van der Waals surface area (Å²) in [5.74, 6) is 0.167. The predicted octanol–water partition coefficient (Wildman–Crippen LogP) is 2.03. The van der Waals surface area contributed by atoms with Crippen LogP contribution >= 0.6 is 0 Å². The zero-order valence-corrected chi connectivity index (χ0v) is 12.9. The van der Waals surface area contributed by atoms with Crippen LogP contribution in [0.5, 0.6) is 5.75 Å². The van der Waals surface area contributed by atoms with Gasteiger partial charge in [0, 0.05) is 0 Å². The van der Waals surface area contributed by atoms with E-state index in [2.05, 4.69) is 5.10 Å². The first kappa shape index (κ1) is 16.5. The van der Waals surface area contributed by atoms with Gasteiger partial charge < -0.3 is 9.47 Å². The first-order valence-corrected chi connectivity index (χ1v) is 7.01. The summed E-state index contributed by atoms with van der Waals surface area (Å²) < 4.78 is 11.7. The summed E-state index contributed by atoms with van der Waals surface area (Å²) >= 11 is 0. The van der Waals surface area contributed by atoms with Gasteiger partial charge in [-0.25, -0.2) is 0 Å². The molecule has 0 unspecified atom stereocenters. The second-order valence-electron chi connectivity index (χ2n) is 4.82. The molecule has 2 aromatic rings. The van der Waals surface area contributed by atoms with E-state index in [-0.39, 0.29) is 31.1 Å². The zero-order valence-electron chi connectivity index (χ0n) is 12.9. The highest BCUT2D eigenvalue weighted by Crippen LogP contribution is 2.21. The molecule has 0 radical (unpaired) electrons. The average molecular weight is 319 g/mol. The third-order valence-electron chi connectivity index (χ3n) is 3.16. The highest BCUT2D eigenvalue weighted by atomic mass is 16.6. The highest BCUT2D eigenvalue weighted by Gasteiger charge is 2.22. The number of carbonyl (C=O) groups is 1. The van der Waals surface area contributed by atoms with Crippen LogP contribution in [0.4, 0.5) is 5.69 Å². The number of hydrogen-bond acceptors (Lipinski definition) is 6. The molecule has 0 aliphatic rings. The van der Waals surface area contributed by atoms with Crippen LogP contribution in [0, 0.1) is 24.0 Å². The van der Waals surface area contributed by atoms with Crippen molar-refractivity contribution in [3.05, 3.63) is 51.8 Å². The summed E-state index contributed by atoms with van der Waals surface area (Å²) in [7, 11) is 0. The van der Waals surface area contributed by atoms with Gasteiger partial charge in [-0.3, -0.25) is 19.6 Å². The van der Waals surface area contributed by atoms with E-state index in [0.717, 1.165) is 0 Å². The summed E-state index contributed by atoms with van der Waals surface area (Å²) in [4.78, 5) is 22.2. The van der Waals surface area contributed by atoms with Crippen LogP contribution in [0.3, 0.4) is 0 Å². The highest BCUT2D eigenvalue weighted by molar-refractivity contribution is 5.69. The number of benzene rings is 1. The zero-order chi connectivity index (χ0) is 16.8. The standard InChI is InChI=1S/C15H17N3O5/c1-11-15(18(20)21)12(2)17(16-11)10-14(19)23-9-8-22-13-6-4-3-5-7-13/h3-7H,8-10H2,1-2H3. The summed E-state index contributed by atoms with van der Waals surface area (Å²) in [5.41, 5.74) is 0.517. The third-order valence-corrected chi connectivity index (χ3v) is 3.16. The SMILES string of the molecule is Cc1nn(CC(=O)OCCOc2ccccc2)c(C)c1[N+](=O)[O-]. The molecule has 2 rings (SSSR count). The lowest BCUT2D eigenvalue weighted by molar-refractivity contribution is -0.386. The van der Waals surface area contributed by atoms with Crippen LogP contribution in [0.2, 0.25) is 0 Å². The van der Waals surface area contributed by atoms with E-state index in [0.29, 0.717) is 11.4 Å². The summed E-state index contributed by atoms with van der Waals surface area (Å²) in [6.07, 6.45) is 0. The molecule has 0 saturated heterocycles. The number of aryl methyl sites for hydroxylation is 1. The van der Waals surface area contributed by atoms with Gasteiger partial charge in [0.1, 0.15) is 36.9 Å². The van der Waals surface area contributed by atoms with Gasteiger partial charge in [-0.15, -0.1) is 0 Å². The second kappa shape index (κ2) is 7.39. The molecule has 0 fully saturated rings. The van der Waals surface area contributed by atoms with E-state index in [1.807, 2.05) is 18.2 Å². The van der Waals surface area contributed by atoms with Crippen molar-refractivity contribution in [2.24, 2.45) is 0 Å². The van der Waals surface area contributed by atoms with Gasteiger partial charge in [0.05, 0.1) is 4.92 Å². The second-order valence-corrected chi connectivity index (χ2v) is 4.82. The maximum atomic E-state index is 11.8. The van der Waals surface area contributed by atoms with E-state index in [9.17, 15) is 14.9 Å². The Balaban J connectivity index is 1.81. The van der Waals surface area contributed by atoms with E-state index in [4.69, 9.17) is 9.47 Å². The topological polar surface area (TPSA) is 96.5 Å². The third kappa shape index (κ3) is 4.29. The number of carbonyl (C=O) groups excluding carboxylic acids is 1. The van der Waals surface area contributed by atoms with Crippen LogP contribution in [0.25, 0.3) is 0 Å². The van der Waals surface area contributed by atoms with Crippen LogP contribution in [0.15, 0.2) is 30.3 Å². The minimum atomic E-state index is -0.526. The number of para-hydroxylation sites is 1. The Labute approximate surface area is 132 Å². The van der Waals surface area contributed by atoms with Gasteiger partial charge in [-0.1, -0.05) is 18.2 Å². The fourth-order valence-electron chi connectivity index (χ4n) is 2.11. The average Bonchev–Trinajstić information content (AvgIpc) is 2.79. The molecule has 0 aliphatic heterocycles. The Morgan fingerprint density at radius 1 is 1.26 bits per heavy atom. The van der Waals surface area contributed by atoms with Crippen molar-refractivity contribution >= 4 is 11.7 Å². The Hall–Kier alpha value is -2.90. The Morgan fingerprint density at radius 2 is 1.96 bits per heavy atom. The lowest BCUT2D eigenvalue weighted by Crippen LogP contribution is -2.18. The number of nitro groups is 1. The monoisotopic (exact) mass is 319 g/mol. The maximum absolute atomic E-state index is 11.8. The number of nitrogens with zero attached hydrogens (tertiary/aromatic N) is 3. The van der Waals surface area contributed by atoms with Gasteiger partial charge in [-0.2, -0.15) is 5.10 Å². The number of aromatic nitrogens is 2. The molecule has 0 aliphatic carbocycles. The molecule has 0 amide bonds. The lowest BCUT2D eigenvalue weighted by Gasteiger charge is -2.07. The van der Waals surface area contributed by atoms with Crippen LogP contribution < -0.4 is 4.74 Å². The molecule has 0 N–H and O–H groups in total. The summed E-state index contributed by atoms with van der Waals surface area (Å²) in [6.45, 7) is 3.22. The smallest absolute Gasteiger partial charge is 0.327 e. The molecule has 8 nitrogen and oxygen atoms in total. The van der Waals surface area contributed by atoms with Gasteiger partial charge in [0.2, 0.25) is 0 Å². The molecule has 8 heteroatoms. The molecular formula is C15H17N3O5. The minimum absolute atomic E-state index is 0.0785.